The van der Waals surface area contributed by atoms with Gasteiger partial charge < -0.3 is 4.57 Å². The molecule has 0 amide bonds. The van der Waals surface area contributed by atoms with Crippen molar-refractivity contribution >= 4 is 15.9 Å². The normalized spacial score (nSPS) is 10.6. The molecule has 3 heteroatoms. The number of rotatable bonds is 2. The first-order chi connectivity index (χ1) is 7.22. The molecule has 0 atom stereocenters. The fourth-order valence-corrected chi connectivity index (χ4v) is 2.19. The highest BCUT2D eigenvalue weighted by Gasteiger charge is 2.08. The molecule has 15 heavy (non-hydrogen) atoms. The van der Waals surface area contributed by atoms with Crippen molar-refractivity contribution in [1.82, 2.24) is 9.55 Å². The fraction of sp³-hybridized carbons (Fsp3) is 0.250. The van der Waals surface area contributed by atoms with E-state index in [0.29, 0.717) is 0 Å². The summed E-state index contributed by atoms with van der Waals surface area (Å²) in [5.41, 5.74) is 2.43. The molecule has 2 rings (SSSR count). The second kappa shape index (κ2) is 4.19. The Bertz CT molecular complexity index is 474. The lowest BCUT2D eigenvalue weighted by Crippen LogP contribution is -1.97. The minimum absolute atomic E-state index is 0.920. The van der Waals surface area contributed by atoms with Crippen molar-refractivity contribution in [3.05, 3.63) is 40.6 Å². The Morgan fingerprint density at radius 1 is 1.40 bits per heavy atom. The number of aryl methyl sites for hydroxylation is 1. The highest BCUT2D eigenvalue weighted by molar-refractivity contribution is 9.10. The average molecular weight is 265 g/mol. The molecular formula is C12H13BrN2. The van der Waals surface area contributed by atoms with Gasteiger partial charge in [0.05, 0.1) is 6.20 Å². The standard InChI is InChI=1S/C12H13BrN2/c1-3-15-11(13)8-14-12(15)10-6-4-5-9(2)7-10/h4-8H,3H2,1-2H3. The largest absolute Gasteiger partial charge is 0.319 e. The highest BCUT2D eigenvalue weighted by Crippen LogP contribution is 2.23. The van der Waals surface area contributed by atoms with Crippen molar-refractivity contribution in [2.45, 2.75) is 20.4 Å². The third-order valence-electron chi connectivity index (χ3n) is 2.40. The molecule has 0 bridgehead atoms. The third-order valence-corrected chi connectivity index (χ3v) is 3.03. The number of halogens is 1. The zero-order valence-corrected chi connectivity index (χ0v) is 10.5. The molecule has 2 nitrogen and oxygen atoms in total. The highest BCUT2D eigenvalue weighted by atomic mass is 79.9. The minimum atomic E-state index is 0.920. The van der Waals surface area contributed by atoms with E-state index in [0.717, 1.165) is 17.0 Å². The van der Waals surface area contributed by atoms with Crippen LogP contribution in [-0.2, 0) is 6.54 Å². The molecule has 0 aliphatic carbocycles. The van der Waals surface area contributed by atoms with E-state index in [1.165, 1.54) is 11.1 Å². The maximum atomic E-state index is 4.41. The number of benzene rings is 1. The number of nitrogens with zero attached hydrogens (tertiary/aromatic N) is 2. The van der Waals surface area contributed by atoms with E-state index in [9.17, 15) is 0 Å². The molecule has 1 heterocycles. The van der Waals surface area contributed by atoms with Gasteiger partial charge in [-0.05, 0) is 35.8 Å². The van der Waals surface area contributed by atoms with Crippen molar-refractivity contribution in [3.8, 4) is 11.4 Å². The van der Waals surface area contributed by atoms with Gasteiger partial charge in [-0.2, -0.15) is 0 Å². The second-order valence-electron chi connectivity index (χ2n) is 3.52. The Kier molecular flexibility index (Phi) is 2.91. The quantitative estimate of drug-likeness (QED) is 0.810. The van der Waals surface area contributed by atoms with Crippen molar-refractivity contribution in [1.29, 1.82) is 0 Å². The van der Waals surface area contributed by atoms with E-state index in [4.69, 9.17) is 0 Å². The lowest BCUT2D eigenvalue weighted by atomic mass is 10.1. The van der Waals surface area contributed by atoms with Crippen LogP contribution in [0.15, 0.2) is 35.1 Å². The molecule has 0 spiro atoms. The first-order valence-electron chi connectivity index (χ1n) is 5.00. The molecule has 0 N–H and O–H groups in total. The van der Waals surface area contributed by atoms with Crippen LogP contribution in [0.25, 0.3) is 11.4 Å². The Morgan fingerprint density at radius 3 is 2.87 bits per heavy atom. The van der Waals surface area contributed by atoms with E-state index in [1.54, 1.807) is 0 Å². The molecule has 0 saturated heterocycles. The zero-order valence-electron chi connectivity index (χ0n) is 8.87. The van der Waals surface area contributed by atoms with Crippen LogP contribution in [0.5, 0.6) is 0 Å². The SMILES string of the molecule is CCn1c(Br)cnc1-c1cccc(C)c1. The van der Waals surface area contributed by atoms with E-state index < -0.39 is 0 Å². The van der Waals surface area contributed by atoms with Crippen LogP contribution in [0.2, 0.25) is 0 Å². The van der Waals surface area contributed by atoms with Gasteiger partial charge in [0, 0.05) is 12.1 Å². The number of aromatic nitrogens is 2. The summed E-state index contributed by atoms with van der Waals surface area (Å²) in [5, 5.41) is 0. The Hall–Kier alpha value is -1.09. The Balaban J connectivity index is 2.54. The van der Waals surface area contributed by atoms with Crippen LogP contribution >= 0.6 is 15.9 Å². The van der Waals surface area contributed by atoms with Gasteiger partial charge in [0.2, 0.25) is 0 Å². The monoisotopic (exact) mass is 264 g/mol. The molecule has 78 valence electrons. The molecule has 0 aliphatic rings. The van der Waals surface area contributed by atoms with Crippen LogP contribution in [0.4, 0.5) is 0 Å². The molecule has 0 unspecified atom stereocenters. The van der Waals surface area contributed by atoms with Crippen LogP contribution in [-0.4, -0.2) is 9.55 Å². The van der Waals surface area contributed by atoms with Gasteiger partial charge in [-0.1, -0.05) is 23.8 Å². The second-order valence-corrected chi connectivity index (χ2v) is 4.33. The number of hydrogen-bond donors (Lipinski definition) is 0. The summed E-state index contributed by atoms with van der Waals surface area (Å²) in [7, 11) is 0. The molecule has 0 aliphatic heterocycles. The van der Waals surface area contributed by atoms with Crippen molar-refractivity contribution in [2.75, 3.05) is 0 Å². The maximum Gasteiger partial charge on any atom is 0.140 e. The van der Waals surface area contributed by atoms with Crippen molar-refractivity contribution in [3.63, 3.8) is 0 Å². The van der Waals surface area contributed by atoms with E-state index in [1.807, 2.05) is 6.20 Å². The van der Waals surface area contributed by atoms with Gasteiger partial charge in [-0.3, -0.25) is 0 Å². The smallest absolute Gasteiger partial charge is 0.140 e. The Morgan fingerprint density at radius 2 is 2.20 bits per heavy atom. The summed E-state index contributed by atoms with van der Waals surface area (Å²) in [6, 6.07) is 8.40. The van der Waals surface area contributed by atoms with Gasteiger partial charge in [0.15, 0.2) is 0 Å². The topological polar surface area (TPSA) is 17.8 Å². The van der Waals surface area contributed by atoms with Gasteiger partial charge in [-0.15, -0.1) is 0 Å². The summed E-state index contributed by atoms with van der Waals surface area (Å²) < 4.78 is 3.18. The summed E-state index contributed by atoms with van der Waals surface area (Å²) in [6.07, 6.45) is 1.85. The van der Waals surface area contributed by atoms with Crippen molar-refractivity contribution < 1.29 is 0 Å². The van der Waals surface area contributed by atoms with Gasteiger partial charge >= 0.3 is 0 Å². The van der Waals surface area contributed by atoms with Crippen LogP contribution in [0, 0.1) is 6.92 Å². The predicted octanol–water partition coefficient (Wildman–Crippen LogP) is 3.64. The molecule has 2 aromatic rings. The van der Waals surface area contributed by atoms with Gasteiger partial charge in [0.1, 0.15) is 10.4 Å². The predicted molar refractivity (Wildman–Crippen MR) is 65.8 cm³/mol. The number of imidazole rings is 1. The number of hydrogen-bond acceptors (Lipinski definition) is 1. The zero-order chi connectivity index (χ0) is 10.8. The molecular weight excluding hydrogens is 252 g/mol. The summed E-state index contributed by atoms with van der Waals surface area (Å²) >= 11 is 3.49. The lowest BCUT2D eigenvalue weighted by Gasteiger charge is -2.06. The molecule has 0 fully saturated rings. The minimum Gasteiger partial charge on any atom is -0.319 e. The van der Waals surface area contributed by atoms with Crippen LogP contribution in [0.1, 0.15) is 12.5 Å². The Labute approximate surface area is 98.1 Å². The first kappa shape index (κ1) is 10.4. The molecule has 0 saturated carbocycles. The molecule has 0 radical (unpaired) electrons. The van der Waals surface area contributed by atoms with Gasteiger partial charge in [-0.25, -0.2) is 4.98 Å². The molecule has 1 aromatic carbocycles. The summed E-state index contributed by atoms with van der Waals surface area (Å²) in [6.45, 7) is 5.13. The van der Waals surface area contributed by atoms with Crippen LogP contribution in [0.3, 0.4) is 0 Å². The fourth-order valence-electron chi connectivity index (χ4n) is 1.67. The van der Waals surface area contributed by atoms with Crippen molar-refractivity contribution in [2.24, 2.45) is 0 Å². The van der Waals surface area contributed by atoms with E-state index in [2.05, 4.69) is 63.6 Å². The average Bonchev–Trinajstić information content (AvgIpc) is 2.59. The van der Waals surface area contributed by atoms with E-state index >= 15 is 0 Å². The van der Waals surface area contributed by atoms with Gasteiger partial charge in [0.25, 0.3) is 0 Å². The third kappa shape index (κ3) is 1.97. The van der Waals surface area contributed by atoms with Crippen LogP contribution < -0.4 is 0 Å². The summed E-state index contributed by atoms with van der Waals surface area (Å²) in [4.78, 5) is 4.41. The lowest BCUT2D eigenvalue weighted by molar-refractivity contribution is 0.754. The molecule has 1 aromatic heterocycles. The van der Waals surface area contributed by atoms with E-state index in [-0.39, 0.29) is 0 Å². The first-order valence-corrected chi connectivity index (χ1v) is 5.79. The maximum absolute atomic E-state index is 4.41. The summed E-state index contributed by atoms with van der Waals surface area (Å²) in [5.74, 6) is 1.02.